The van der Waals surface area contributed by atoms with Crippen LogP contribution in [0.3, 0.4) is 0 Å². The van der Waals surface area contributed by atoms with Crippen LogP contribution in [0.1, 0.15) is 31.7 Å². The van der Waals surface area contributed by atoms with Crippen molar-refractivity contribution in [2.45, 2.75) is 38.0 Å². The van der Waals surface area contributed by atoms with Gasteiger partial charge in [0.25, 0.3) is 5.69 Å². The second-order valence-electron chi connectivity index (χ2n) is 4.00. The normalized spacial score (nSPS) is 12.4. The zero-order valence-corrected chi connectivity index (χ0v) is 10.4. The largest absolute Gasteiger partial charge is 0.272 e. The van der Waals surface area contributed by atoms with E-state index in [0.29, 0.717) is 18.4 Å². The van der Waals surface area contributed by atoms with E-state index in [1.165, 1.54) is 12.1 Å². The minimum Gasteiger partial charge on any atom is -0.258 e. The lowest BCUT2D eigenvalue weighted by Crippen LogP contribution is -2.01. The Bertz CT molecular complexity index is 398. The van der Waals surface area contributed by atoms with Gasteiger partial charge in [-0.25, -0.2) is 4.39 Å². The number of aryl methyl sites for hydroxylation is 1. The molecule has 5 heteroatoms. The van der Waals surface area contributed by atoms with Crippen molar-refractivity contribution < 1.29 is 9.31 Å². The highest BCUT2D eigenvalue weighted by molar-refractivity contribution is 6.20. The first-order chi connectivity index (χ1) is 8.02. The van der Waals surface area contributed by atoms with Crippen LogP contribution in [0.4, 0.5) is 10.1 Å². The molecule has 0 saturated carbocycles. The summed E-state index contributed by atoms with van der Waals surface area (Å²) in [7, 11) is 0. The molecule has 94 valence electrons. The molecule has 1 aromatic carbocycles. The fourth-order valence-electron chi connectivity index (χ4n) is 1.66. The molecule has 1 unspecified atom stereocenters. The standard InChI is InChI=1S/C12H15ClFNO2/c1-2-3-10(13)5-4-9-6-11(14)8-12(7-9)15(16)17/h6-8,10H,2-5H2,1H3. The molecule has 0 radical (unpaired) electrons. The van der Waals surface area contributed by atoms with Crippen LogP contribution >= 0.6 is 11.6 Å². The first-order valence-electron chi connectivity index (χ1n) is 5.61. The van der Waals surface area contributed by atoms with Gasteiger partial charge in [-0.1, -0.05) is 13.3 Å². The van der Waals surface area contributed by atoms with Crippen molar-refractivity contribution in [1.82, 2.24) is 0 Å². The summed E-state index contributed by atoms with van der Waals surface area (Å²) in [5.41, 5.74) is 0.417. The van der Waals surface area contributed by atoms with Crippen molar-refractivity contribution >= 4 is 17.3 Å². The average molecular weight is 260 g/mol. The minimum atomic E-state index is -0.587. The van der Waals surface area contributed by atoms with Gasteiger partial charge in [-0.3, -0.25) is 10.1 Å². The quantitative estimate of drug-likeness (QED) is 0.439. The summed E-state index contributed by atoms with van der Waals surface area (Å²) in [6, 6.07) is 3.65. The van der Waals surface area contributed by atoms with Crippen LogP contribution < -0.4 is 0 Å². The van der Waals surface area contributed by atoms with Crippen LogP contribution in [0.25, 0.3) is 0 Å². The van der Waals surface area contributed by atoms with Crippen LogP contribution in [-0.2, 0) is 6.42 Å². The van der Waals surface area contributed by atoms with Crippen LogP contribution in [0.2, 0.25) is 0 Å². The first kappa shape index (κ1) is 13.9. The maximum absolute atomic E-state index is 13.1. The zero-order valence-electron chi connectivity index (χ0n) is 9.66. The van der Waals surface area contributed by atoms with Gasteiger partial charge in [0.15, 0.2) is 0 Å². The monoisotopic (exact) mass is 259 g/mol. The molecule has 0 spiro atoms. The Balaban J connectivity index is 2.68. The Hall–Kier alpha value is -1.16. The predicted octanol–water partition coefficient (Wildman–Crippen LogP) is 4.07. The number of hydrogen-bond donors (Lipinski definition) is 0. The molecule has 1 rings (SSSR count). The van der Waals surface area contributed by atoms with Crippen LogP contribution in [0.5, 0.6) is 0 Å². The zero-order chi connectivity index (χ0) is 12.8. The molecule has 0 bridgehead atoms. The molecule has 3 nitrogen and oxygen atoms in total. The molecule has 1 aromatic rings. The highest BCUT2D eigenvalue weighted by atomic mass is 35.5. The number of benzene rings is 1. The molecule has 17 heavy (non-hydrogen) atoms. The summed E-state index contributed by atoms with van der Waals surface area (Å²) in [4.78, 5) is 9.97. The fourth-order valence-corrected chi connectivity index (χ4v) is 1.99. The molecular formula is C12H15ClFNO2. The van der Waals surface area contributed by atoms with Crippen molar-refractivity contribution in [1.29, 1.82) is 0 Å². The molecular weight excluding hydrogens is 245 g/mol. The van der Waals surface area contributed by atoms with E-state index in [1.807, 2.05) is 6.92 Å². The lowest BCUT2D eigenvalue weighted by Gasteiger charge is -2.07. The van der Waals surface area contributed by atoms with Crippen molar-refractivity contribution in [3.05, 3.63) is 39.7 Å². The van der Waals surface area contributed by atoms with E-state index < -0.39 is 10.7 Å². The minimum absolute atomic E-state index is 0.0438. The number of nitrogens with zero attached hydrogens (tertiary/aromatic N) is 1. The Morgan fingerprint density at radius 3 is 2.71 bits per heavy atom. The second-order valence-corrected chi connectivity index (χ2v) is 4.62. The number of halogens is 2. The molecule has 0 fully saturated rings. The molecule has 0 aliphatic carbocycles. The van der Waals surface area contributed by atoms with Gasteiger partial charge in [-0.05, 0) is 30.9 Å². The van der Waals surface area contributed by atoms with Crippen molar-refractivity contribution in [3.8, 4) is 0 Å². The predicted molar refractivity (Wildman–Crippen MR) is 65.9 cm³/mol. The summed E-state index contributed by atoms with van der Waals surface area (Å²) in [6.07, 6.45) is 3.17. The Labute approximate surface area is 105 Å². The second kappa shape index (κ2) is 6.55. The maximum Gasteiger partial charge on any atom is 0.272 e. The summed E-state index contributed by atoms with van der Waals surface area (Å²) >= 11 is 6.05. The third-order valence-corrected chi connectivity index (χ3v) is 2.94. The third-order valence-electron chi connectivity index (χ3n) is 2.50. The van der Waals surface area contributed by atoms with E-state index in [4.69, 9.17) is 11.6 Å². The van der Waals surface area contributed by atoms with Crippen molar-refractivity contribution in [2.24, 2.45) is 0 Å². The Morgan fingerprint density at radius 1 is 1.41 bits per heavy atom. The third kappa shape index (κ3) is 4.69. The Kier molecular flexibility index (Phi) is 5.35. The van der Waals surface area contributed by atoms with E-state index in [1.54, 1.807) is 0 Å². The summed E-state index contributed by atoms with van der Waals surface area (Å²) in [5.74, 6) is -0.573. The molecule has 0 heterocycles. The Morgan fingerprint density at radius 2 is 2.12 bits per heavy atom. The van der Waals surface area contributed by atoms with Crippen LogP contribution in [0.15, 0.2) is 18.2 Å². The van der Waals surface area contributed by atoms with Crippen molar-refractivity contribution in [2.75, 3.05) is 0 Å². The number of nitro benzene ring substituents is 1. The topological polar surface area (TPSA) is 43.1 Å². The number of hydrogen-bond acceptors (Lipinski definition) is 2. The molecule has 0 aliphatic rings. The number of alkyl halides is 1. The number of rotatable bonds is 6. The van der Waals surface area contributed by atoms with E-state index in [9.17, 15) is 14.5 Å². The van der Waals surface area contributed by atoms with E-state index >= 15 is 0 Å². The molecule has 0 aliphatic heterocycles. The van der Waals surface area contributed by atoms with Gasteiger partial charge in [0.2, 0.25) is 0 Å². The highest BCUT2D eigenvalue weighted by Gasteiger charge is 2.11. The van der Waals surface area contributed by atoms with Gasteiger partial charge in [-0.15, -0.1) is 11.6 Å². The highest BCUT2D eigenvalue weighted by Crippen LogP contribution is 2.19. The SMILES string of the molecule is CCCC(Cl)CCc1cc(F)cc([N+](=O)[O-])c1. The summed E-state index contributed by atoms with van der Waals surface area (Å²) in [5, 5.41) is 10.6. The van der Waals surface area contributed by atoms with E-state index in [2.05, 4.69) is 0 Å². The molecule has 0 amide bonds. The molecule has 0 aromatic heterocycles. The molecule has 1 atom stereocenters. The summed E-state index contributed by atoms with van der Waals surface area (Å²) < 4.78 is 13.1. The maximum atomic E-state index is 13.1. The average Bonchev–Trinajstić information content (AvgIpc) is 2.26. The van der Waals surface area contributed by atoms with Crippen LogP contribution in [-0.4, -0.2) is 10.3 Å². The van der Waals surface area contributed by atoms with Gasteiger partial charge in [-0.2, -0.15) is 0 Å². The lowest BCUT2D eigenvalue weighted by molar-refractivity contribution is -0.385. The van der Waals surface area contributed by atoms with E-state index in [0.717, 1.165) is 18.9 Å². The van der Waals surface area contributed by atoms with Gasteiger partial charge in [0.05, 0.1) is 11.0 Å². The van der Waals surface area contributed by atoms with Crippen molar-refractivity contribution in [3.63, 3.8) is 0 Å². The van der Waals surface area contributed by atoms with Gasteiger partial charge < -0.3 is 0 Å². The fraction of sp³-hybridized carbons (Fsp3) is 0.500. The first-order valence-corrected chi connectivity index (χ1v) is 6.04. The summed E-state index contributed by atoms with van der Waals surface area (Å²) in [6.45, 7) is 2.04. The lowest BCUT2D eigenvalue weighted by atomic mass is 10.1. The number of non-ortho nitro benzene ring substituents is 1. The van der Waals surface area contributed by atoms with Gasteiger partial charge >= 0.3 is 0 Å². The van der Waals surface area contributed by atoms with Crippen LogP contribution in [0, 0.1) is 15.9 Å². The number of nitro groups is 1. The van der Waals surface area contributed by atoms with E-state index in [-0.39, 0.29) is 11.1 Å². The smallest absolute Gasteiger partial charge is 0.258 e. The van der Waals surface area contributed by atoms with Gasteiger partial charge in [0, 0.05) is 11.4 Å². The van der Waals surface area contributed by atoms with Gasteiger partial charge in [0.1, 0.15) is 5.82 Å². The molecule has 0 N–H and O–H groups in total. The molecule has 0 saturated heterocycles.